The smallest absolute Gasteiger partial charge is 0.261 e. The molecule has 1 atom stereocenters. The van der Waals surface area contributed by atoms with Crippen LogP contribution in [0, 0.1) is 5.92 Å². The van der Waals surface area contributed by atoms with Gasteiger partial charge in [-0.15, -0.1) is 0 Å². The summed E-state index contributed by atoms with van der Waals surface area (Å²) in [5.74, 6) is -0.902. The van der Waals surface area contributed by atoms with Crippen LogP contribution in [0.25, 0.3) is 0 Å². The van der Waals surface area contributed by atoms with Crippen molar-refractivity contribution in [3.63, 3.8) is 0 Å². The van der Waals surface area contributed by atoms with E-state index in [1.807, 2.05) is 51.1 Å². The molecule has 0 bridgehead atoms. The van der Waals surface area contributed by atoms with Gasteiger partial charge in [-0.1, -0.05) is 44.2 Å². The van der Waals surface area contributed by atoms with E-state index < -0.39 is 5.54 Å². The third-order valence-electron chi connectivity index (χ3n) is 5.51. The zero-order chi connectivity index (χ0) is 20.5. The fourth-order valence-electron chi connectivity index (χ4n) is 3.10. The maximum atomic E-state index is 12.8. The monoisotopic (exact) mass is 379 g/mol. The number of fused-ring (bicyclic) bond motifs is 1. The lowest BCUT2D eigenvalue weighted by Gasteiger charge is -2.33. The fraction of sp³-hybridized carbons (Fsp3) is 0.318. The molecule has 0 aromatic heterocycles. The molecule has 6 heteroatoms. The molecule has 1 heterocycles. The van der Waals surface area contributed by atoms with E-state index in [2.05, 4.69) is 5.32 Å². The first kappa shape index (κ1) is 19.8. The minimum absolute atomic E-state index is 0.139. The standard InChI is InChI=1S/C22H25N3O3/c1-14(2)22(3,13-23)24-19(26)16-9-10-17-18(11-16)21(28)25(20(17)27)12-15-7-5-4-6-8-15/h4-11,14H,12-13,23H2,1-3H3,(H,24,26). The lowest BCUT2D eigenvalue weighted by Crippen LogP contribution is -2.55. The first-order valence-corrected chi connectivity index (χ1v) is 9.33. The summed E-state index contributed by atoms with van der Waals surface area (Å²) >= 11 is 0. The van der Waals surface area contributed by atoms with E-state index in [1.54, 1.807) is 12.1 Å². The summed E-state index contributed by atoms with van der Waals surface area (Å²) in [4.78, 5) is 39.4. The van der Waals surface area contributed by atoms with Gasteiger partial charge >= 0.3 is 0 Å². The number of hydrogen-bond acceptors (Lipinski definition) is 4. The Balaban J connectivity index is 1.84. The first-order valence-electron chi connectivity index (χ1n) is 9.33. The van der Waals surface area contributed by atoms with Crippen LogP contribution in [0.1, 0.15) is 57.4 Å². The van der Waals surface area contributed by atoms with Gasteiger partial charge in [-0.05, 0) is 36.6 Å². The number of imide groups is 1. The molecular formula is C22H25N3O3. The molecule has 3 rings (SSSR count). The van der Waals surface area contributed by atoms with Gasteiger partial charge in [-0.25, -0.2) is 0 Å². The summed E-state index contributed by atoms with van der Waals surface area (Å²) in [6, 6.07) is 13.9. The largest absolute Gasteiger partial charge is 0.345 e. The van der Waals surface area contributed by atoms with Gasteiger partial charge in [-0.2, -0.15) is 0 Å². The molecule has 0 fully saturated rings. The summed E-state index contributed by atoms with van der Waals surface area (Å²) in [6.07, 6.45) is 0. The van der Waals surface area contributed by atoms with E-state index in [4.69, 9.17) is 5.73 Å². The molecule has 0 radical (unpaired) electrons. The van der Waals surface area contributed by atoms with Gasteiger partial charge in [-0.3, -0.25) is 19.3 Å². The molecule has 0 aliphatic carbocycles. The highest BCUT2D eigenvalue weighted by atomic mass is 16.2. The van der Waals surface area contributed by atoms with Gasteiger partial charge in [0.15, 0.2) is 0 Å². The number of benzene rings is 2. The average molecular weight is 379 g/mol. The normalized spacial score (nSPS) is 15.5. The summed E-state index contributed by atoms with van der Waals surface area (Å²) < 4.78 is 0. The number of nitrogens with two attached hydrogens (primary N) is 1. The predicted octanol–water partition coefficient (Wildman–Crippen LogP) is 2.59. The lowest BCUT2D eigenvalue weighted by molar-refractivity contribution is 0.0642. The molecule has 0 saturated heterocycles. The second kappa shape index (κ2) is 7.56. The topological polar surface area (TPSA) is 92.5 Å². The molecule has 3 amide bonds. The summed E-state index contributed by atoms with van der Waals surface area (Å²) in [5.41, 5.74) is 7.06. The van der Waals surface area contributed by atoms with Crippen LogP contribution in [0.3, 0.4) is 0 Å². The van der Waals surface area contributed by atoms with Crippen molar-refractivity contribution in [2.24, 2.45) is 11.7 Å². The minimum atomic E-state index is -0.560. The number of carbonyl (C=O) groups is 3. The molecule has 2 aromatic carbocycles. The van der Waals surface area contributed by atoms with E-state index in [0.717, 1.165) is 5.56 Å². The molecule has 1 aliphatic heterocycles. The van der Waals surface area contributed by atoms with Crippen LogP contribution in [0.5, 0.6) is 0 Å². The molecule has 2 aromatic rings. The van der Waals surface area contributed by atoms with E-state index in [0.29, 0.717) is 17.7 Å². The number of amides is 3. The SMILES string of the molecule is CC(C)C(C)(CN)NC(=O)c1ccc2c(c1)C(=O)N(Cc1ccccc1)C2=O. The average Bonchev–Trinajstić information content (AvgIpc) is 2.93. The van der Waals surface area contributed by atoms with Crippen LogP contribution in [-0.2, 0) is 6.54 Å². The van der Waals surface area contributed by atoms with Crippen LogP contribution in [-0.4, -0.2) is 34.7 Å². The Morgan fingerprint density at radius 3 is 2.32 bits per heavy atom. The van der Waals surface area contributed by atoms with E-state index in [-0.39, 0.29) is 35.7 Å². The Hall–Kier alpha value is -2.99. The van der Waals surface area contributed by atoms with E-state index >= 15 is 0 Å². The van der Waals surface area contributed by atoms with Crippen molar-refractivity contribution >= 4 is 17.7 Å². The van der Waals surface area contributed by atoms with Gasteiger partial charge in [0.2, 0.25) is 0 Å². The Bertz CT molecular complexity index is 924. The third kappa shape index (κ3) is 3.55. The lowest BCUT2D eigenvalue weighted by atomic mass is 9.88. The predicted molar refractivity (Wildman–Crippen MR) is 107 cm³/mol. The van der Waals surface area contributed by atoms with E-state index in [9.17, 15) is 14.4 Å². The molecular weight excluding hydrogens is 354 g/mol. The Kier molecular flexibility index (Phi) is 5.34. The fourth-order valence-corrected chi connectivity index (χ4v) is 3.10. The molecule has 1 aliphatic rings. The van der Waals surface area contributed by atoms with Crippen molar-refractivity contribution in [1.82, 2.24) is 10.2 Å². The van der Waals surface area contributed by atoms with Crippen LogP contribution in [0.15, 0.2) is 48.5 Å². The molecule has 3 N–H and O–H groups in total. The highest BCUT2D eigenvalue weighted by Crippen LogP contribution is 2.26. The quantitative estimate of drug-likeness (QED) is 0.755. The molecule has 1 unspecified atom stereocenters. The summed E-state index contributed by atoms with van der Waals surface area (Å²) in [7, 11) is 0. The second-order valence-corrected chi connectivity index (χ2v) is 7.67. The van der Waals surface area contributed by atoms with Crippen LogP contribution >= 0.6 is 0 Å². The summed E-state index contributed by atoms with van der Waals surface area (Å²) in [6.45, 7) is 6.36. The number of nitrogens with one attached hydrogen (secondary N) is 1. The second-order valence-electron chi connectivity index (χ2n) is 7.67. The van der Waals surface area contributed by atoms with Crippen molar-refractivity contribution in [2.45, 2.75) is 32.9 Å². The van der Waals surface area contributed by atoms with Gasteiger partial charge in [0.1, 0.15) is 0 Å². The Morgan fingerprint density at radius 2 is 1.71 bits per heavy atom. The number of hydrogen-bond donors (Lipinski definition) is 2. The molecule has 28 heavy (non-hydrogen) atoms. The Morgan fingerprint density at radius 1 is 1.07 bits per heavy atom. The Labute approximate surface area is 164 Å². The van der Waals surface area contributed by atoms with Crippen LogP contribution in [0.2, 0.25) is 0 Å². The van der Waals surface area contributed by atoms with Crippen molar-refractivity contribution < 1.29 is 14.4 Å². The highest BCUT2D eigenvalue weighted by Gasteiger charge is 2.36. The number of rotatable bonds is 6. The maximum absolute atomic E-state index is 12.8. The maximum Gasteiger partial charge on any atom is 0.261 e. The molecule has 0 saturated carbocycles. The minimum Gasteiger partial charge on any atom is -0.345 e. The number of carbonyl (C=O) groups excluding carboxylic acids is 3. The van der Waals surface area contributed by atoms with Crippen molar-refractivity contribution in [3.05, 3.63) is 70.8 Å². The highest BCUT2D eigenvalue weighted by molar-refractivity contribution is 6.22. The zero-order valence-electron chi connectivity index (χ0n) is 16.4. The molecule has 146 valence electrons. The van der Waals surface area contributed by atoms with Gasteiger partial charge in [0, 0.05) is 12.1 Å². The van der Waals surface area contributed by atoms with Crippen molar-refractivity contribution in [2.75, 3.05) is 6.54 Å². The molecule has 0 spiro atoms. The van der Waals surface area contributed by atoms with Crippen LogP contribution < -0.4 is 11.1 Å². The third-order valence-corrected chi connectivity index (χ3v) is 5.51. The van der Waals surface area contributed by atoms with Crippen LogP contribution in [0.4, 0.5) is 0 Å². The van der Waals surface area contributed by atoms with Crippen molar-refractivity contribution in [3.8, 4) is 0 Å². The van der Waals surface area contributed by atoms with E-state index in [1.165, 1.54) is 11.0 Å². The molecule has 6 nitrogen and oxygen atoms in total. The first-order chi connectivity index (χ1) is 13.3. The van der Waals surface area contributed by atoms with Gasteiger partial charge in [0.25, 0.3) is 17.7 Å². The van der Waals surface area contributed by atoms with Gasteiger partial charge < -0.3 is 11.1 Å². The zero-order valence-corrected chi connectivity index (χ0v) is 16.4. The van der Waals surface area contributed by atoms with Gasteiger partial charge in [0.05, 0.1) is 23.2 Å². The van der Waals surface area contributed by atoms with Crippen molar-refractivity contribution in [1.29, 1.82) is 0 Å². The summed E-state index contributed by atoms with van der Waals surface area (Å²) in [5, 5.41) is 2.95. The number of nitrogens with zero attached hydrogens (tertiary/aromatic N) is 1.